The van der Waals surface area contributed by atoms with Crippen molar-refractivity contribution in [2.24, 2.45) is 0 Å². The molecule has 6 unspecified atom stereocenters. The number of hydrogen-bond donors (Lipinski definition) is 4. The van der Waals surface area contributed by atoms with Crippen LogP contribution in [0.1, 0.15) is 142 Å². The molecular weight excluding hydrogens is 837 g/mol. The van der Waals surface area contributed by atoms with Crippen molar-refractivity contribution in [3.05, 3.63) is 109 Å². The number of allylic oxidation sites excluding steroid dienone is 18. The van der Waals surface area contributed by atoms with Crippen LogP contribution in [0.5, 0.6) is 0 Å². The molecule has 12 nitrogen and oxygen atoms in total. The zero-order chi connectivity index (χ0) is 46.8. The number of hydrogen-bond acceptors (Lipinski definition) is 11. The van der Waals surface area contributed by atoms with Gasteiger partial charge in [-0.05, 0) is 96.3 Å². The Hall–Kier alpha value is -3.24. The summed E-state index contributed by atoms with van der Waals surface area (Å²) in [5.74, 6) is -0.438. The number of esters is 1. The van der Waals surface area contributed by atoms with Gasteiger partial charge in [-0.15, -0.1) is 0 Å². The van der Waals surface area contributed by atoms with E-state index in [-0.39, 0.29) is 19.6 Å². The molecule has 1 aliphatic heterocycles. The van der Waals surface area contributed by atoms with Crippen LogP contribution in [0.25, 0.3) is 0 Å². The molecule has 0 aromatic heterocycles. The Bertz CT molecular complexity index is 1530. The van der Waals surface area contributed by atoms with Gasteiger partial charge in [-0.3, -0.25) is 9.35 Å². The molecule has 0 amide bonds. The number of ether oxygens (including phenoxy) is 4. The Morgan fingerprint density at radius 2 is 1.03 bits per heavy atom. The van der Waals surface area contributed by atoms with Gasteiger partial charge in [-0.25, -0.2) is 4.18 Å². The van der Waals surface area contributed by atoms with E-state index in [1.807, 2.05) is 0 Å². The Morgan fingerprint density at radius 3 is 1.48 bits per heavy atom. The van der Waals surface area contributed by atoms with Gasteiger partial charge in [-0.2, -0.15) is 8.42 Å². The number of aliphatic hydroxyl groups is 3. The summed E-state index contributed by atoms with van der Waals surface area (Å²) in [6, 6.07) is 0. The minimum absolute atomic E-state index is 0.00199. The first-order valence-corrected chi connectivity index (χ1v) is 25.0. The monoisotopic (exact) mass is 919 g/mol. The van der Waals surface area contributed by atoms with Crippen molar-refractivity contribution in [3.63, 3.8) is 0 Å². The lowest BCUT2D eigenvalue weighted by Gasteiger charge is -2.41. The highest BCUT2D eigenvalue weighted by atomic mass is 32.3. The van der Waals surface area contributed by atoms with E-state index in [4.69, 9.17) is 23.5 Å². The predicted molar refractivity (Wildman–Crippen MR) is 257 cm³/mol. The predicted octanol–water partition coefficient (Wildman–Crippen LogP) is 10.4. The van der Waals surface area contributed by atoms with E-state index >= 15 is 0 Å². The third-order valence-electron chi connectivity index (χ3n) is 9.89. The molecule has 0 spiro atoms. The summed E-state index contributed by atoms with van der Waals surface area (Å²) in [4.78, 5) is 12.9. The summed E-state index contributed by atoms with van der Waals surface area (Å²) in [6.45, 7) is 3.64. The summed E-state index contributed by atoms with van der Waals surface area (Å²) in [7, 11) is -5.08. The highest BCUT2D eigenvalue weighted by Gasteiger charge is 2.48. The molecule has 0 aromatic carbocycles. The maximum Gasteiger partial charge on any atom is 0.397 e. The van der Waals surface area contributed by atoms with Crippen molar-refractivity contribution in [2.45, 2.75) is 179 Å². The van der Waals surface area contributed by atoms with Crippen molar-refractivity contribution < 1.29 is 56.2 Å². The van der Waals surface area contributed by atoms with E-state index in [1.54, 1.807) is 0 Å². The van der Waals surface area contributed by atoms with E-state index in [9.17, 15) is 28.5 Å². The molecule has 0 aliphatic carbocycles. The van der Waals surface area contributed by atoms with Crippen molar-refractivity contribution in [1.29, 1.82) is 0 Å². The van der Waals surface area contributed by atoms with Gasteiger partial charge < -0.3 is 34.3 Å². The number of carbonyl (C=O) groups is 1. The molecule has 1 fully saturated rings. The van der Waals surface area contributed by atoms with Gasteiger partial charge in [-0.1, -0.05) is 149 Å². The molecular formula is C51H82O12S. The van der Waals surface area contributed by atoms with Crippen molar-refractivity contribution in [2.75, 3.05) is 26.4 Å². The van der Waals surface area contributed by atoms with Crippen molar-refractivity contribution >= 4 is 16.4 Å². The van der Waals surface area contributed by atoms with Gasteiger partial charge in [0.2, 0.25) is 0 Å². The number of carbonyl (C=O) groups excluding carboxylic acids is 1. The summed E-state index contributed by atoms with van der Waals surface area (Å²) < 4.78 is 59.0. The minimum atomic E-state index is -5.08. The molecule has 4 N–H and O–H groups in total. The average molecular weight is 919 g/mol. The van der Waals surface area contributed by atoms with Gasteiger partial charge in [0.25, 0.3) is 0 Å². The normalized spacial score (nSPS) is 20.8. The zero-order valence-electron chi connectivity index (χ0n) is 38.8. The molecule has 64 heavy (non-hydrogen) atoms. The van der Waals surface area contributed by atoms with Gasteiger partial charge in [0.05, 0.1) is 19.8 Å². The van der Waals surface area contributed by atoms with Crippen molar-refractivity contribution in [1.82, 2.24) is 0 Å². The lowest BCUT2D eigenvalue weighted by Crippen LogP contribution is -2.60. The second-order valence-corrected chi connectivity index (χ2v) is 16.6. The molecule has 0 bridgehead atoms. The van der Waals surface area contributed by atoms with Crippen LogP contribution in [0.4, 0.5) is 0 Å². The Labute approximate surface area is 386 Å². The van der Waals surface area contributed by atoms with Gasteiger partial charge in [0.15, 0.2) is 6.29 Å². The SMILES string of the molecule is CC/C=C\C/C=C\C/C=C\C/C=C\C/C=C\C/C=C\CCCCCCC(=O)OC(COCCCCCC/C=C\C/C=C\C/C=C\CC)COC1OC(CO)C(O)C(OS(=O)(=O)O)C1O. The lowest BCUT2D eigenvalue weighted by molar-refractivity contribution is -0.301. The van der Waals surface area contributed by atoms with Crippen LogP contribution in [0.2, 0.25) is 0 Å². The minimum Gasteiger partial charge on any atom is -0.457 e. The van der Waals surface area contributed by atoms with E-state index in [0.717, 1.165) is 116 Å². The van der Waals surface area contributed by atoms with E-state index < -0.39 is 59.8 Å². The van der Waals surface area contributed by atoms with Crippen LogP contribution in [0.15, 0.2) is 109 Å². The topological polar surface area (TPSA) is 178 Å². The highest BCUT2D eigenvalue weighted by Crippen LogP contribution is 2.26. The fourth-order valence-electron chi connectivity index (χ4n) is 6.39. The quantitative estimate of drug-likeness (QED) is 0.0199. The molecule has 1 aliphatic rings. The maximum absolute atomic E-state index is 12.9. The van der Waals surface area contributed by atoms with E-state index in [0.29, 0.717) is 13.0 Å². The summed E-state index contributed by atoms with van der Waals surface area (Å²) in [5, 5.41) is 30.7. The second kappa shape index (κ2) is 41.2. The Morgan fingerprint density at radius 1 is 0.594 bits per heavy atom. The molecule has 364 valence electrons. The standard InChI is InChI=1S/C51H82O12S/c1-3-5-7-9-11-13-15-17-19-20-21-22-23-24-25-26-27-28-30-32-34-36-38-40-47(53)61-45(43-59-41-39-37-35-33-31-29-18-16-14-12-10-8-6-4-2)44-60-51-49(55)50(63-64(56,57)58)48(54)46(42-52)62-51/h5-8,11-14,17-19,21-22,24-25,27-29,45-46,48-52,54-55H,3-4,9-10,15-16,20,23,26,30-44H2,1-2H3,(H,56,57,58)/b7-5-,8-6-,13-11-,14-12-,19-17-,22-21-,25-24-,28-27-,29-18-. The smallest absolute Gasteiger partial charge is 0.397 e. The maximum atomic E-state index is 12.9. The molecule has 0 radical (unpaired) electrons. The van der Waals surface area contributed by atoms with E-state index in [2.05, 4.69) is 127 Å². The molecule has 1 heterocycles. The number of aliphatic hydroxyl groups excluding tert-OH is 3. The number of rotatable bonds is 39. The molecule has 0 aromatic rings. The average Bonchev–Trinajstić information content (AvgIpc) is 3.27. The van der Waals surface area contributed by atoms with Crippen LogP contribution in [-0.2, 0) is 38.3 Å². The van der Waals surface area contributed by atoms with Gasteiger partial charge in [0.1, 0.15) is 30.5 Å². The fourth-order valence-corrected chi connectivity index (χ4v) is 6.90. The third kappa shape index (κ3) is 34.2. The third-order valence-corrected chi connectivity index (χ3v) is 10.4. The first-order chi connectivity index (χ1) is 31.1. The molecule has 0 saturated carbocycles. The summed E-state index contributed by atoms with van der Waals surface area (Å²) in [5.41, 5.74) is 0. The number of unbranched alkanes of at least 4 members (excludes halogenated alkanes) is 8. The fraction of sp³-hybridized carbons (Fsp3) is 0.627. The highest BCUT2D eigenvalue weighted by molar-refractivity contribution is 7.80. The molecule has 1 saturated heterocycles. The van der Waals surface area contributed by atoms with Gasteiger partial charge >= 0.3 is 16.4 Å². The lowest BCUT2D eigenvalue weighted by atomic mass is 9.99. The van der Waals surface area contributed by atoms with Crippen LogP contribution >= 0.6 is 0 Å². The molecule has 1 rings (SSSR count). The van der Waals surface area contributed by atoms with E-state index in [1.165, 1.54) is 0 Å². The van der Waals surface area contributed by atoms with Crippen LogP contribution in [0.3, 0.4) is 0 Å². The first-order valence-electron chi connectivity index (χ1n) is 23.6. The summed E-state index contributed by atoms with van der Waals surface area (Å²) >= 11 is 0. The van der Waals surface area contributed by atoms with Crippen LogP contribution in [-0.4, -0.2) is 97.5 Å². The molecule has 13 heteroatoms. The second-order valence-electron chi connectivity index (χ2n) is 15.6. The zero-order valence-corrected chi connectivity index (χ0v) is 39.6. The Kier molecular flexibility index (Phi) is 37.8. The van der Waals surface area contributed by atoms with Crippen molar-refractivity contribution in [3.8, 4) is 0 Å². The van der Waals surface area contributed by atoms with Gasteiger partial charge in [0, 0.05) is 13.0 Å². The first kappa shape index (κ1) is 58.8. The Balaban J connectivity index is 2.44. The summed E-state index contributed by atoms with van der Waals surface area (Å²) in [6.07, 6.45) is 48.3. The van der Waals surface area contributed by atoms with Crippen LogP contribution in [0, 0.1) is 0 Å². The largest absolute Gasteiger partial charge is 0.457 e. The molecule has 6 atom stereocenters. The van der Waals surface area contributed by atoms with Crippen LogP contribution < -0.4 is 0 Å².